The summed E-state index contributed by atoms with van der Waals surface area (Å²) >= 11 is 0. The van der Waals surface area contributed by atoms with E-state index in [2.05, 4.69) is 26.1 Å². The monoisotopic (exact) mass is 143 g/mol. The van der Waals surface area contributed by atoms with Crippen molar-refractivity contribution in [3.05, 3.63) is 0 Å². The van der Waals surface area contributed by atoms with E-state index in [4.69, 9.17) is 4.74 Å². The van der Waals surface area contributed by atoms with Crippen LogP contribution in [0.1, 0.15) is 27.2 Å². The zero-order chi connectivity index (χ0) is 7.56. The molecule has 0 spiro atoms. The molecular weight excluding hydrogens is 126 g/mol. The van der Waals surface area contributed by atoms with Gasteiger partial charge >= 0.3 is 0 Å². The molecule has 1 N–H and O–H groups in total. The van der Waals surface area contributed by atoms with Gasteiger partial charge < -0.3 is 4.74 Å². The third-order valence-corrected chi connectivity index (χ3v) is 1.70. The fourth-order valence-corrected chi connectivity index (χ4v) is 1.24. The van der Waals surface area contributed by atoms with Crippen LogP contribution in [0, 0.1) is 5.92 Å². The van der Waals surface area contributed by atoms with Crippen LogP contribution < -0.4 is 5.32 Å². The quantitative estimate of drug-likeness (QED) is 0.630. The van der Waals surface area contributed by atoms with Crippen molar-refractivity contribution in [3.63, 3.8) is 0 Å². The predicted molar refractivity (Wildman–Crippen MR) is 41.8 cm³/mol. The lowest BCUT2D eigenvalue weighted by atomic mass is 10.1. The second-order valence-corrected chi connectivity index (χ2v) is 3.52. The lowest BCUT2D eigenvalue weighted by Crippen LogP contribution is -2.29. The fourth-order valence-electron chi connectivity index (χ4n) is 1.24. The van der Waals surface area contributed by atoms with Crippen LogP contribution in [0.2, 0.25) is 0 Å². The minimum absolute atomic E-state index is 0.315. The molecule has 2 heteroatoms. The van der Waals surface area contributed by atoms with Gasteiger partial charge in [-0.05, 0) is 19.3 Å². The lowest BCUT2D eigenvalue weighted by Gasteiger charge is -2.12. The van der Waals surface area contributed by atoms with E-state index >= 15 is 0 Å². The summed E-state index contributed by atoms with van der Waals surface area (Å²) in [4.78, 5) is 0. The largest absolute Gasteiger partial charge is 0.362 e. The van der Waals surface area contributed by atoms with E-state index in [1.807, 2.05) is 0 Å². The minimum Gasteiger partial charge on any atom is -0.362 e. The van der Waals surface area contributed by atoms with Gasteiger partial charge in [0.2, 0.25) is 0 Å². The molecule has 1 saturated heterocycles. The highest BCUT2D eigenvalue weighted by atomic mass is 16.5. The molecule has 0 radical (unpaired) electrons. The fraction of sp³-hybridized carbons (Fsp3) is 1.00. The third-order valence-electron chi connectivity index (χ3n) is 1.70. The maximum Gasteiger partial charge on any atom is 0.108 e. The molecule has 0 bridgehead atoms. The van der Waals surface area contributed by atoms with Crippen LogP contribution in [0.25, 0.3) is 0 Å². The molecule has 10 heavy (non-hydrogen) atoms. The minimum atomic E-state index is 0.315. The van der Waals surface area contributed by atoms with Gasteiger partial charge in [0, 0.05) is 6.04 Å². The van der Waals surface area contributed by atoms with Crippen molar-refractivity contribution in [3.8, 4) is 0 Å². The van der Waals surface area contributed by atoms with Gasteiger partial charge in [-0.25, -0.2) is 0 Å². The van der Waals surface area contributed by atoms with E-state index in [9.17, 15) is 0 Å². The van der Waals surface area contributed by atoms with Crippen molar-refractivity contribution >= 4 is 0 Å². The molecule has 2 atom stereocenters. The molecule has 0 aromatic heterocycles. The van der Waals surface area contributed by atoms with E-state index < -0.39 is 0 Å². The molecular formula is C8H17NO. The van der Waals surface area contributed by atoms with Crippen molar-refractivity contribution in [2.75, 3.05) is 6.61 Å². The molecule has 0 aromatic rings. The Balaban J connectivity index is 2.18. The zero-order valence-corrected chi connectivity index (χ0v) is 7.05. The predicted octanol–water partition coefficient (Wildman–Crippen LogP) is 1.37. The van der Waals surface area contributed by atoms with Crippen LogP contribution in [-0.2, 0) is 4.74 Å². The number of hydrogen-bond acceptors (Lipinski definition) is 2. The van der Waals surface area contributed by atoms with Gasteiger partial charge in [0.15, 0.2) is 0 Å². The summed E-state index contributed by atoms with van der Waals surface area (Å²) in [6, 6.07) is 0.545. The summed E-state index contributed by atoms with van der Waals surface area (Å²) in [5.41, 5.74) is 0. The highest BCUT2D eigenvalue weighted by molar-refractivity contribution is 4.71. The SMILES string of the molecule is CC(C)CC1NC(C)CO1. The molecule has 0 amide bonds. The Hall–Kier alpha value is -0.0800. The molecule has 1 aliphatic heterocycles. The number of rotatable bonds is 2. The first-order valence-corrected chi connectivity index (χ1v) is 4.06. The smallest absolute Gasteiger partial charge is 0.108 e. The highest BCUT2D eigenvalue weighted by Crippen LogP contribution is 2.11. The van der Waals surface area contributed by atoms with Crippen molar-refractivity contribution in [2.45, 2.75) is 39.5 Å². The lowest BCUT2D eigenvalue weighted by molar-refractivity contribution is 0.0832. The molecule has 0 saturated carbocycles. The van der Waals surface area contributed by atoms with Gasteiger partial charge in [0.05, 0.1) is 6.61 Å². The van der Waals surface area contributed by atoms with Crippen molar-refractivity contribution in [1.29, 1.82) is 0 Å². The summed E-state index contributed by atoms with van der Waals surface area (Å²) in [5.74, 6) is 0.725. The number of ether oxygens (including phenoxy) is 1. The zero-order valence-electron chi connectivity index (χ0n) is 7.05. The first-order valence-electron chi connectivity index (χ1n) is 4.06. The van der Waals surface area contributed by atoms with Gasteiger partial charge in [-0.15, -0.1) is 0 Å². The summed E-state index contributed by atoms with van der Waals surface area (Å²) in [5, 5.41) is 3.36. The van der Waals surface area contributed by atoms with Crippen molar-refractivity contribution in [2.24, 2.45) is 5.92 Å². The maximum absolute atomic E-state index is 5.46. The molecule has 60 valence electrons. The second kappa shape index (κ2) is 3.35. The number of nitrogens with one attached hydrogen (secondary N) is 1. The van der Waals surface area contributed by atoms with Crippen LogP contribution in [0.5, 0.6) is 0 Å². The molecule has 2 nitrogen and oxygen atoms in total. The third kappa shape index (κ3) is 2.27. The topological polar surface area (TPSA) is 21.3 Å². The number of hydrogen-bond donors (Lipinski definition) is 1. The molecule has 1 rings (SSSR count). The summed E-state index contributed by atoms with van der Waals surface area (Å²) in [6.45, 7) is 7.46. The Bertz CT molecular complexity index is 103. The highest BCUT2D eigenvalue weighted by Gasteiger charge is 2.20. The molecule has 0 aromatic carbocycles. The molecule has 1 fully saturated rings. The van der Waals surface area contributed by atoms with E-state index in [-0.39, 0.29) is 0 Å². The van der Waals surface area contributed by atoms with E-state index in [0.717, 1.165) is 18.9 Å². The van der Waals surface area contributed by atoms with Gasteiger partial charge in [-0.1, -0.05) is 13.8 Å². The Morgan fingerprint density at radius 3 is 2.70 bits per heavy atom. The van der Waals surface area contributed by atoms with Crippen LogP contribution in [-0.4, -0.2) is 18.9 Å². The first kappa shape index (κ1) is 8.02. The molecule has 2 unspecified atom stereocenters. The van der Waals surface area contributed by atoms with E-state index in [1.54, 1.807) is 0 Å². The normalized spacial score (nSPS) is 33.6. The van der Waals surface area contributed by atoms with Crippen molar-refractivity contribution < 1.29 is 4.74 Å². The average molecular weight is 143 g/mol. The van der Waals surface area contributed by atoms with Gasteiger partial charge in [-0.3, -0.25) is 5.32 Å². The summed E-state index contributed by atoms with van der Waals surface area (Å²) < 4.78 is 5.46. The van der Waals surface area contributed by atoms with Crippen LogP contribution >= 0.6 is 0 Å². The second-order valence-electron chi connectivity index (χ2n) is 3.52. The molecule has 0 aliphatic carbocycles. The van der Waals surface area contributed by atoms with E-state index in [0.29, 0.717) is 12.3 Å². The molecule has 1 aliphatic rings. The summed E-state index contributed by atoms with van der Waals surface area (Å²) in [7, 11) is 0. The van der Waals surface area contributed by atoms with Gasteiger partial charge in [-0.2, -0.15) is 0 Å². The maximum atomic E-state index is 5.46. The Morgan fingerprint density at radius 2 is 2.30 bits per heavy atom. The van der Waals surface area contributed by atoms with Gasteiger partial charge in [0.1, 0.15) is 6.23 Å². The van der Waals surface area contributed by atoms with Crippen LogP contribution in [0.4, 0.5) is 0 Å². The average Bonchev–Trinajstić information content (AvgIpc) is 2.13. The van der Waals surface area contributed by atoms with E-state index in [1.165, 1.54) is 0 Å². The summed E-state index contributed by atoms with van der Waals surface area (Å²) in [6.07, 6.45) is 1.44. The van der Waals surface area contributed by atoms with Crippen molar-refractivity contribution in [1.82, 2.24) is 5.32 Å². The first-order chi connectivity index (χ1) is 4.68. The molecule has 1 heterocycles. The van der Waals surface area contributed by atoms with Crippen LogP contribution in [0.3, 0.4) is 0 Å². The Morgan fingerprint density at radius 1 is 1.60 bits per heavy atom. The standard InChI is InChI=1S/C8H17NO/c1-6(2)4-8-9-7(3)5-10-8/h6-9H,4-5H2,1-3H3. The van der Waals surface area contributed by atoms with Crippen LogP contribution in [0.15, 0.2) is 0 Å². The van der Waals surface area contributed by atoms with Gasteiger partial charge in [0.25, 0.3) is 0 Å². The Labute approximate surface area is 63.0 Å². The Kier molecular flexibility index (Phi) is 2.69.